The van der Waals surface area contributed by atoms with Crippen LogP contribution in [0.5, 0.6) is 0 Å². The van der Waals surface area contributed by atoms with Crippen molar-refractivity contribution in [2.24, 2.45) is 4.99 Å². The van der Waals surface area contributed by atoms with Crippen molar-refractivity contribution in [3.05, 3.63) is 77.1 Å². The monoisotopic (exact) mass is 513 g/mol. The van der Waals surface area contributed by atoms with E-state index in [9.17, 15) is 0 Å². The summed E-state index contributed by atoms with van der Waals surface area (Å²) >= 11 is 0. The molecule has 0 radical (unpaired) electrons. The molecule has 0 saturated heterocycles. The first-order valence-corrected chi connectivity index (χ1v) is 14.0. The second-order valence-corrected chi connectivity index (χ2v) is 10.7. The van der Waals surface area contributed by atoms with Gasteiger partial charge in [0.1, 0.15) is 17.4 Å². The second kappa shape index (κ2) is 10.9. The number of aliphatic imine (C=N–C) groups is 1. The Kier molecular flexibility index (Phi) is 7.19. The normalized spacial score (nSPS) is 19.2. The third-order valence-corrected chi connectivity index (χ3v) is 8.03. The number of hydrazine groups is 1. The fourth-order valence-electron chi connectivity index (χ4n) is 5.89. The Balaban J connectivity index is 1.08. The number of rotatable bonds is 10. The van der Waals surface area contributed by atoms with Crippen LogP contribution in [0.15, 0.2) is 58.3 Å². The van der Waals surface area contributed by atoms with E-state index in [0.29, 0.717) is 0 Å². The van der Waals surface area contributed by atoms with Crippen molar-refractivity contribution in [1.29, 1.82) is 0 Å². The van der Waals surface area contributed by atoms with Crippen LogP contribution in [0.2, 0.25) is 0 Å². The molecule has 2 aliphatic heterocycles. The quantitative estimate of drug-likeness (QED) is 0.423. The van der Waals surface area contributed by atoms with Gasteiger partial charge in [-0.25, -0.2) is 15.4 Å². The molecule has 0 atom stereocenters. The summed E-state index contributed by atoms with van der Waals surface area (Å²) in [6.45, 7) is 11.7. The largest absolute Gasteiger partial charge is 0.465 e. The lowest BCUT2D eigenvalue weighted by Gasteiger charge is -2.40. The Labute approximate surface area is 225 Å². The van der Waals surface area contributed by atoms with Crippen LogP contribution in [-0.2, 0) is 25.0 Å². The minimum Gasteiger partial charge on any atom is -0.465 e. The smallest absolute Gasteiger partial charge is 0.126 e. The Hall–Kier alpha value is -3.20. The van der Waals surface area contributed by atoms with Crippen LogP contribution >= 0.6 is 0 Å². The summed E-state index contributed by atoms with van der Waals surface area (Å²) in [5, 5.41) is 5.97. The SMILES string of the molecule is CCNc1cnc(CC=Cc2ccco2)n1CCN1CCN=C(CN2NCc3ccc(C)cc3C23CC3)C1. The van der Waals surface area contributed by atoms with Gasteiger partial charge in [0, 0.05) is 51.4 Å². The highest BCUT2D eigenvalue weighted by Gasteiger charge is 2.52. The molecule has 0 bridgehead atoms. The maximum absolute atomic E-state index is 5.42. The van der Waals surface area contributed by atoms with E-state index in [1.807, 2.05) is 24.4 Å². The van der Waals surface area contributed by atoms with Crippen molar-refractivity contribution in [2.75, 3.05) is 44.6 Å². The van der Waals surface area contributed by atoms with Crippen LogP contribution in [-0.4, -0.2) is 64.4 Å². The number of nitrogens with zero attached hydrogens (tertiary/aromatic N) is 5. The first-order chi connectivity index (χ1) is 18.6. The lowest BCUT2D eigenvalue weighted by Crippen LogP contribution is -2.53. The molecule has 6 rings (SSSR count). The van der Waals surface area contributed by atoms with E-state index < -0.39 is 0 Å². The van der Waals surface area contributed by atoms with Crippen LogP contribution in [0.3, 0.4) is 0 Å². The minimum absolute atomic E-state index is 0.153. The van der Waals surface area contributed by atoms with Crippen LogP contribution in [0.4, 0.5) is 5.82 Å². The highest BCUT2D eigenvalue weighted by molar-refractivity contribution is 5.89. The van der Waals surface area contributed by atoms with Gasteiger partial charge in [-0.3, -0.25) is 9.89 Å². The Morgan fingerprint density at radius 2 is 2.13 bits per heavy atom. The van der Waals surface area contributed by atoms with E-state index in [4.69, 9.17) is 14.4 Å². The van der Waals surface area contributed by atoms with Crippen molar-refractivity contribution >= 4 is 17.6 Å². The van der Waals surface area contributed by atoms with Gasteiger partial charge in [0.2, 0.25) is 0 Å². The summed E-state index contributed by atoms with van der Waals surface area (Å²) < 4.78 is 7.75. The molecule has 1 spiro atoms. The zero-order valence-electron chi connectivity index (χ0n) is 22.6. The Morgan fingerprint density at radius 3 is 2.95 bits per heavy atom. The van der Waals surface area contributed by atoms with Crippen molar-refractivity contribution < 1.29 is 4.42 Å². The molecule has 3 aliphatic rings. The zero-order chi connectivity index (χ0) is 26.0. The molecule has 1 aromatic carbocycles. The van der Waals surface area contributed by atoms with E-state index in [2.05, 4.69) is 63.3 Å². The molecule has 0 amide bonds. The molecule has 1 saturated carbocycles. The van der Waals surface area contributed by atoms with Gasteiger partial charge >= 0.3 is 0 Å². The van der Waals surface area contributed by atoms with Gasteiger partial charge < -0.3 is 14.3 Å². The Bertz CT molecular complexity index is 1300. The summed E-state index contributed by atoms with van der Waals surface area (Å²) in [5.74, 6) is 3.02. The lowest BCUT2D eigenvalue weighted by atomic mass is 9.93. The van der Waals surface area contributed by atoms with Crippen molar-refractivity contribution in [3.63, 3.8) is 0 Å². The van der Waals surface area contributed by atoms with Gasteiger partial charge in [0.05, 0.1) is 31.1 Å². The predicted molar refractivity (Wildman–Crippen MR) is 152 cm³/mol. The van der Waals surface area contributed by atoms with Gasteiger partial charge in [-0.2, -0.15) is 0 Å². The molecule has 3 aromatic rings. The summed E-state index contributed by atoms with van der Waals surface area (Å²) in [4.78, 5) is 12.2. The fourth-order valence-corrected chi connectivity index (χ4v) is 5.89. The molecule has 0 unspecified atom stereocenters. The Morgan fingerprint density at radius 1 is 1.21 bits per heavy atom. The summed E-state index contributed by atoms with van der Waals surface area (Å²) in [6.07, 6.45) is 11.0. The number of benzene rings is 1. The number of aromatic nitrogens is 2. The van der Waals surface area contributed by atoms with Gasteiger partial charge in [-0.05, 0) is 56.0 Å². The number of fused-ring (bicyclic) bond motifs is 2. The molecule has 8 nitrogen and oxygen atoms in total. The van der Waals surface area contributed by atoms with E-state index in [1.54, 1.807) is 6.26 Å². The lowest BCUT2D eigenvalue weighted by molar-refractivity contribution is 0.105. The third kappa shape index (κ3) is 5.21. The van der Waals surface area contributed by atoms with E-state index in [1.165, 1.54) is 35.2 Å². The first kappa shape index (κ1) is 25.1. The van der Waals surface area contributed by atoms with Crippen LogP contribution in [0, 0.1) is 6.92 Å². The van der Waals surface area contributed by atoms with Crippen molar-refractivity contribution in [3.8, 4) is 0 Å². The first-order valence-electron chi connectivity index (χ1n) is 14.0. The number of nitrogens with one attached hydrogen (secondary N) is 2. The highest BCUT2D eigenvalue weighted by atomic mass is 16.3. The van der Waals surface area contributed by atoms with E-state index in [-0.39, 0.29) is 5.54 Å². The average Bonchev–Trinajstić information content (AvgIpc) is 3.35. The van der Waals surface area contributed by atoms with E-state index >= 15 is 0 Å². The molecule has 2 aromatic heterocycles. The predicted octanol–water partition coefficient (Wildman–Crippen LogP) is 4.24. The van der Waals surface area contributed by atoms with Gasteiger partial charge in [-0.1, -0.05) is 29.8 Å². The minimum atomic E-state index is 0.153. The summed E-state index contributed by atoms with van der Waals surface area (Å²) in [5.41, 5.74) is 9.48. The van der Waals surface area contributed by atoms with Gasteiger partial charge in [0.15, 0.2) is 0 Å². The highest BCUT2D eigenvalue weighted by Crippen LogP contribution is 2.53. The van der Waals surface area contributed by atoms with Crippen LogP contribution < -0.4 is 10.7 Å². The molecule has 1 aliphatic carbocycles. The summed E-state index contributed by atoms with van der Waals surface area (Å²) in [7, 11) is 0. The standard InChI is InChI=1S/C30H39N7O/c1-3-31-29-20-33-28(8-4-6-26-7-5-17-38-26)36(29)16-15-35-14-13-32-25(21-35)22-37-30(11-12-30)27-18-23(2)9-10-24(27)19-34-37/h4-7,9-10,17-18,20,31,34H,3,8,11-16,19,21-22H2,1-2H3. The average molecular weight is 514 g/mol. The molecule has 8 heteroatoms. The van der Waals surface area contributed by atoms with Crippen molar-refractivity contribution in [2.45, 2.75) is 51.7 Å². The van der Waals surface area contributed by atoms with Crippen LogP contribution in [0.1, 0.15) is 48.0 Å². The zero-order valence-corrected chi connectivity index (χ0v) is 22.6. The molecule has 200 valence electrons. The molecule has 2 N–H and O–H groups in total. The molecule has 1 fully saturated rings. The number of anilines is 1. The number of hydrogen-bond acceptors (Lipinski definition) is 7. The van der Waals surface area contributed by atoms with Crippen LogP contribution in [0.25, 0.3) is 6.08 Å². The van der Waals surface area contributed by atoms with Gasteiger partial charge in [-0.15, -0.1) is 0 Å². The van der Waals surface area contributed by atoms with Gasteiger partial charge in [0.25, 0.3) is 0 Å². The van der Waals surface area contributed by atoms with E-state index in [0.717, 1.165) is 76.2 Å². The van der Waals surface area contributed by atoms with Crippen molar-refractivity contribution in [1.82, 2.24) is 24.9 Å². The fraction of sp³-hybridized carbons (Fsp3) is 0.467. The number of imidazole rings is 1. The second-order valence-electron chi connectivity index (χ2n) is 10.7. The topological polar surface area (TPSA) is 73.9 Å². The summed E-state index contributed by atoms with van der Waals surface area (Å²) in [6, 6.07) is 10.8. The number of aryl methyl sites for hydroxylation is 1. The third-order valence-electron chi connectivity index (χ3n) is 8.03. The number of furan rings is 1. The maximum Gasteiger partial charge on any atom is 0.126 e. The molecule has 38 heavy (non-hydrogen) atoms. The molecule has 4 heterocycles. The number of allylic oxidation sites excluding steroid dienone is 1. The molecular weight excluding hydrogens is 474 g/mol. The maximum atomic E-state index is 5.42. The molecular formula is C30H39N7O. The number of hydrogen-bond donors (Lipinski definition) is 2.